The van der Waals surface area contributed by atoms with E-state index in [4.69, 9.17) is 5.11 Å². The number of hydrogen-bond acceptors (Lipinski definition) is 2. The fourth-order valence-electron chi connectivity index (χ4n) is 3.91. The molecule has 1 radical (unpaired) electrons. The monoisotopic (exact) mass is 324 g/mol. The molecule has 1 rings (SSSR count). The van der Waals surface area contributed by atoms with E-state index < -0.39 is 17.0 Å². The highest BCUT2D eigenvalue weighted by Gasteiger charge is 2.50. The Hall–Kier alpha value is -0.870. The van der Waals surface area contributed by atoms with E-state index in [1.165, 1.54) is 42.7 Å². The number of unbranched alkanes of at least 4 members (excludes halogenated alkanes) is 5. The Morgan fingerprint density at radius 2 is 1.39 bits per heavy atom. The van der Waals surface area contributed by atoms with Gasteiger partial charge in [-0.3, -0.25) is 4.79 Å². The zero-order chi connectivity index (χ0) is 17.7. The molecule has 0 amide bonds. The first kappa shape index (κ1) is 20.2. The van der Waals surface area contributed by atoms with Crippen LogP contribution >= 0.6 is 0 Å². The number of rotatable bonds is 10. The first-order valence-electron chi connectivity index (χ1n) is 9.08. The van der Waals surface area contributed by atoms with E-state index in [0.717, 1.165) is 18.4 Å². The smallest absolute Gasteiger partial charge is 0.303 e. The zero-order valence-corrected chi connectivity index (χ0v) is 15.6. The maximum absolute atomic E-state index is 12.7. The lowest BCUT2D eigenvalue weighted by Crippen LogP contribution is -2.47. The van der Waals surface area contributed by atoms with Crippen molar-refractivity contribution in [3.63, 3.8) is 0 Å². The SMILES string of the molecule is CCCCCCCCC1=C(CCC(=O)O)C(C)(C)N([O])C1(C)C. The van der Waals surface area contributed by atoms with E-state index >= 15 is 0 Å². The quantitative estimate of drug-likeness (QED) is 0.448. The van der Waals surface area contributed by atoms with Gasteiger partial charge in [0.05, 0.1) is 11.1 Å². The van der Waals surface area contributed by atoms with Crippen LogP contribution in [0.5, 0.6) is 0 Å². The molecule has 0 aromatic carbocycles. The lowest BCUT2D eigenvalue weighted by atomic mass is 9.85. The molecule has 1 aliphatic rings. The lowest BCUT2D eigenvalue weighted by molar-refractivity contribution is -0.240. The van der Waals surface area contributed by atoms with E-state index in [-0.39, 0.29) is 6.42 Å². The molecule has 133 valence electrons. The molecule has 0 bridgehead atoms. The standard InChI is InChI=1S/C19H34NO3/c1-6-7-8-9-10-11-12-15-16(13-14-17(21)22)19(4,5)20(23)18(15,2)3/h6-14H2,1-5H3,(H,21,22). The molecule has 23 heavy (non-hydrogen) atoms. The van der Waals surface area contributed by atoms with Crippen LogP contribution in [0.15, 0.2) is 11.1 Å². The topological polar surface area (TPSA) is 60.4 Å². The second-order valence-electron chi connectivity index (χ2n) is 7.78. The summed E-state index contributed by atoms with van der Waals surface area (Å²) < 4.78 is 0. The number of carboxylic acids is 1. The highest BCUT2D eigenvalue weighted by Crippen LogP contribution is 2.47. The number of carboxylic acid groups (broad SMARTS) is 1. The van der Waals surface area contributed by atoms with Crippen molar-refractivity contribution < 1.29 is 15.1 Å². The van der Waals surface area contributed by atoms with Gasteiger partial charge >= 0.3 is 5.97 Å². The van der Waals surface area contributed by atoms with E-state index in [1.807, 2.05) is 27.7 Å². The predicted molar refractivity (Wildman–Crippen MR) is 92.6 cm³/mol. The van der Waals surface area contributed by atoms with Crippen molar-refractivity contribution in [2.24, 2.45) is 0 Å². The highest BCUT2D eigenvalue weighted by molar-refractivity contribution is 5.67. The van der Waals surface area contributed by atoms with Gasteiger partial charge in [-0.15, -0.1) is 10.3 Å². The maximum atomic E-state index is 12.7. The number of aliphatic carboxylic acids is 1. The molecule has 4 heteroatoms. The van der Waals surface area contributed by atoms with Crippen LogP contribution in [-0.4, -0.2) is 27.2 Å². The van der Waals surface area contributed by atoms with Gasteiger partial charge < -0.3 is 5.11 Å². The van der Waals surface area contributed by atoms with E-state index in [1.54, 1.807) is 0 Å². The van der Waals surface area contributed by atoms with Crippen LogP contribution in [0.25, 0.3) is 0 Å². The van der Waals surface area contributed by atoms with Crippen LogP contribution < -0.4 is 0 Å². The van der Waals surface area contributed by atoms with Crippen molar-refractivity contribution >= 4 is 5.97 Å². The largest absolute Gasteiger partial charge is 0.481 e. The molecule has 1 N–H and O–H groups in total. The van der Waals surface area contributed by atoms with E-state index in [0.29, 0.717) is 6.42 Å². The summed E-state index contributed by atoms with van der Waals surface area (Å²) in [6.45, 7) is 10.0. The van der Waals surface area contributed by atoms with E-state index in [9.17, 15) is 10.0 Å². The summed E-state index contributed by atoms with van der Waals surface area (Å²) in [5.41, 5.74) is 1.10. The molecular weight excluding hydrogens is 290 g/mol. The van der Waals surface area contributed by atoms with Crippen LogP contribution in [-0.2, 0) is 10.0 Å². The molecule has 0 unspecified atom stereocenters. The molecule has 0 atom stereocenters. The van der Waals surface area contributed by atoms with Crippen LogP contribution in [0.4, 0.5) is 0 Å². The molecule has 1 heterocycles. The normalized spacial score (nSPS) is 20.3. The van der Waals surface area contributed by atoms with Crippen molar-refractivity contribution in [1.82, 2.24) is 5.06 Å². The number of hydrogen-bond donors (Lipinski definition) is 1. The molecule has 0 spiro atoms. The van der Waals surface area contributed by atoms with Gasteiger partial charge in [-0.05, 0) is 58.1 Å². The molecule has 0 saturated heterocycles. The van der Waals surface area contributed by atoms with Gasteiger partial charge in [-0.1, -0.05) is 39.0 Å². The summed E-state index contributed by atoms with van der Waals surface area (Å²) in [4.78, 5) is 11.0. The van der Waals surface area contributed by atoms with E-state index in [2.05, 4.69) is 6.92 Å². The second kappa shape index (κ2) is 8.29. The Balaban J connectivity index is 2.80. The molecule has 0 aliphatic carbocycles. The Kier molecular flexibility index (Phi) is 7.28. The van der Waals surface area contributed by atoms with Gasteiger partial charge in [0.1, 0.15) is 0 Å². The first-order valence-corrected chi connectivity index (χ1v) is 9.08. The molecule has 0 saturated carbocycles. The van der Waals surface area contributed by atoms with Crippen molar-refractivity contribution in [3.05, 3.63) is 11.1 Å². The third-order valence-electron chi connectivity index (χ3n) is 5.23. The predicted octanol–water partition coefficient (Wildman–Crippen LogP) is 5.12. The fraction of sp³-hybridized carbons (Fsp3) is 0.842. The minimum absolute atomic E-state index is 0.0999. The van der Waals surface area contributed by atoms with Gasteiger partial charge in [0.15, 0.2) is 0 Å². The van der Waals surface area contributed by atoms with Gasteiger partial charge in [0.2, 0.25) is 0 Å². The van der Waals surface area contributed by atoms with Crippen LogP contribution in [0.2, 0.25) is 0 Å². The number of carbonyl (C=O) groups is 1. The summed E-state index contributed by atoms with van der Waals surface area (Å²) in [5.74, 6) is -0.797. The van der Waals surface area contributed by atoms with Crippen molar-refractivity contribution in [2.75, 3.05) is 0 Å². The Morgan fingerprint density at radius 1 is 0.913 bits per heavy atom. The average molecular weight is 324 g/mol. The summed E-state index contributed by atoms with van der Waals surface area (Å²) in [6.07, 6.45) is 8.83. The summed E-state index contributed by atoms with van der Waals surface area (Å²) in [5, 5.41) is 22.9. The minimum Gasteiger partial charge on any atom is -0.481 e. The summed E-state index contributed by atoms with van der Waals surface area (Å²) in [7, 11) is 0. The van der Waals surface area contributed by atoms with Crippen molar-refractivity contribution in [3.8, 4) is 0 Å². The lowest BCUT2D eigenvalue weighted by Gasteiger charge is -2.35. The van der Waals surface area contributed by atoms with Crippen molar-refractivity contribution in [1.29, 1.82) is 0 Å². The van der Waals surface area contributed by atoms with Crippen LogP contribution in [0.1, 0.15) is 92.4 Å². The molecule has 1 aliphatic heterocycles. The second-order valence-corrected chi connectivity index (χ2v) is 7.78. The molecule has 0 fully saturated rings. The zero-order valence-electron chi connectivity index (χ0n) is 15.6. The highest BCUT2D eigenvalue weighted by atomic mass is 16.5. The van der Waals surface area contributed by atoms with Crippen molar-refractivity contribution in [2.45, 2.75) is 103 Å². The Morgan fingerprint density at radius 3 is 1.91 bits per heavy atom. The maximum Gasteiger partial charge on any atom is 0.303 e. The minimum atomic E-state index is -0.797. The van der Waals surface area contributed by atoms with Crippen LogP contribution in [0, 0.1) is 0 Å². The molecular formula is C19H34NO3. The number of hydroxylamine groups is 2. The summed E-state index contributed by atoms with van der Waals surface area (Å²) in [6, 6.07) is 0. The fourth-order valence-corrected chi connectivity index (χ4v) is 3.91. The number of nitrogens with zero attached hydrogens (tertiary/aromatic N) is 1. The van der Waals surface area contributed by atoms with Gasteiger partial charge in [0.25, 0.3) is 0 Å². The third-order valence-corrected chi connectivity index (χ3v) is 5.23. The van der Waals surface area contributed by atoms with Crippen LogP contribution in [0.3, 0.4) is 0 Å². The molecule has 4 nitrogen and oxygen atoms in total. The Labute approximate surface area is 141 Å². The molecule has 0 aromatic rings. The Bertz CT molecular complexity index is 438. The third kappa shape index (κ3) is 4.80. The summed E-state index contributed by atoms with van der Waals surface area (Å²) >= 11 is 0. The van der Waals surface area contributed by atoms with Gasteiger partial charge in [0, 0.05) is 6.42 Å². The average Bonchev–Trinajstić information content (AvgIpc) is 2.58. The van der Waals surface area contributed by atoms with Gasteiger partial charge in [-0.2, -0.15) is 0 Å². The first-order chi connectivity index (χ1) is 10.7. The van der Waals surface area contributed by atoms with Gasteiger partial charge in [-0.25, -0.2) is 0 Å². The molecule has 0 aromatic heterocycles.